The van der Waals surface area contributed by atoms with Crippen LogP contribution in [0.25, 0.3) is 0 Å². The molecule has 0 atom stereocenters. The SMILES string of the molecule is CC(C)O[SiH3].CO[SiH](OC)OC. The first-order valence-electron chi connectivity index (χ1n) is 3.73. The number of hydrogen-bond acceptors (Lipinski definition) is 4. The Kier molecular flexibility index (Phi) is 13.9. The Labute approximate surface area is 79.7 Å². The average Bonchev–Trinajstić information content (AvgIpc) is 2.09. The standard InChI is InChI=1S/C3H10O3Si.C3H10OSi/c1-4-7(5-2)6-3;1-3(2)4-5/h7H,1-3H3;3H,1-2,5H3. The molecule has 76 valence electrons. The van der Waals surface area contributed by atoms with Crippen LogP contribution in [0.2, 0.25) is 0 Å². The maximum absolute atomic E-state index is 4.89. The topological polar surface area (TPSA) is 36.9 Å². The second kappa shape index (κ2) is 11.3. The van der Waals surface area contributed by atoms with E-state index in [-0.39, 0.29) is 0 Å². The van der Waals surface area contributed by atoms with Gasteiger partial charge < -0.3 is 17.7 Å². The van der Waals surface area contributed by atoms with Crippen LogP contribution in [0.1, 0.15) is 13.8 Å². The van der Waals surface area contributed by atoms with Gasteiger partial charge in [-0.1, -0.05) is 0 Å². The maximum Gasteiger partial charge on any atom is 0.483 e. The summed E-state index contributed by atoms with van der Waals surface area (Å²) in [7, 11) is 3.92. The molecule has 0 fully saturated rings. The van der Waals surface area contributed by atoms with Gasteiger partial charge in [-0.05, 0) is 13.8 Å². The minimum Gasteiger partial charge on any atom is -0.426 e. The summed E-state index contributed by atoms with van der Waals surface area (Å²) in [5, 5.41) is 0. The van der Waals surface area contributed by atoms with Crippen LogP contribution in [0.4, 0.5) is 0 Å². The quantitative estimate of drug-likeness (QED) is 0.580. The van der Waals surface area contributed by atoms with Crippen molar-refractivity contribution >= 4 is 20.0 Å². The van der Waals surface area contributed by atoms with Crippen LogP contribution in [0.3, 0.4) is 0 Å². The Balaban J connectivity index is 0. The first kappa shape index (κ1) is 14.8. The van der Waals surface area contributed by atoms with Crippen LogP contribution in [0.15, 0.2) is 0 Å². The molecule has 0 unspecified atom stereocenters. The summed E-state index contributed by atoms with van der Waals surface area (Å²) in [6.07, 6.45) is 0.446. The predicted molar refractivity (Wildman–Crippen MR) is 54.3 cm³/mol. The summed E-state index contributed by atoms with van der Waals surface area (Å²) >= 11 is 0. The first-order chi connectivity index (χ1) is 5.62. The highest BCUT2D eigenvalue weighted by Gasteiger charge is 2.04. The molecule has 0 saturated carbocycles. The fraction of sp³-hybridized carbons (Fsp3) is 1.00. The van der Waals surface area contributed by atoms with Crippen LogP contribution >= 0.6 is 0 Å². The largest absolute Gasteiger partial charge is 0.483 e. The van der Waals surface area contributed by atoms with Crippen molar-refractivity contribution in [3.8, 4) is 0 Å². The Morgan fingerprint density at radius 3 is 1.25 bits per heavy atom. The van der Waals surface area contributed by atoms with Crippen molar-refractivity contribution in [2.24, 2.45) is 0 Å². The lowest BCUT2D eigenvalue weighted by atomic mass is 10.5. The molecule has 0 heterocycles. The molecule has 0 aromatic rings. The molecule has 0 bridgehead atoms. The lowest BCUT2D eigenvalue weighted by Crippen LogP contribution is -2.21. The van der Waals surface area contributed by atoms with Crippen LogP contribution in [-0.2, 0) is 17.7 Å². The fourth-order valence-electron chi connectivity index (χ4n) is 0.289. The molecule has 0 amide bonds. The van der Waals surface area contributed by atoms with Crippen LogP contribution in [-0.4, -0.2) is 47.4 Å². The van der Waals surface area contributed by atoms with E-state index in [9.17, 15) is 0 Å². The van der Waals surface area contributed by atoms with Gasteiger partial charge in [0.2, 0.25) is 0 Å². The van der Waals surface area contributed by atoms with Gasteiger partial charge in [0.1, 0.15) is 10.5 Å². The van der Waals surface area contributed by atoms with Crippen molar-refractivity contribution in [2.45, 2.75) is 20.0 Å². The molecule has 6 heteroatoms. The van der Waals surface area contributed by atoms with Crippen molar-refractivity contribution in [3.63, 3.8) is 0 Å². The minimum atomic E-state index is -1.67. The van der Waals surface area contributed by atoms with Gasteiger partial charge in [-0.2, -0.15) is 0 Å². The van der Waals surface area contributed by atoms with Gasteiger partial charge in [0.05, 0.1) is 0 Å². The molecule has 0 aliphatic rings. The van der Waals surface area contributed by atoms with Crippen molar-refractivity contribution in [2.75, 3.05) is 21.3 Å². The van der Waals surface area contributed by atoms with Gasteiger partial charge in [-0.25, -0.2) is 0 Å². The summed E-state index contributed by atoms with van der Waals surface area (Å²) in [6.45, 7) is 4.07. The Morgan fingerprint density at radius 1 is 1.00 bits per heavy atom. The molecule has 0 saturated heterocycles. The summed E-state index contributed by atoms with van der Waals surface area (Å²) in [4.78, 5) is 0. The zero-order valence-corrected chi connectivity index (χ0v) is 11.9. The van der Waals surface area contributed by atoms with Crippen molar-refractivity contribution < 1.29 is 17.7 Å². The Hall–Kier alpha value is 0.274. The molecule has 0 aliphatic heterocycles. The predicted octanol–water partition coefficient (Wildman–Crippen LogP) is -0.665. The van der Waals surface area contributed by atoms with Gasteiger partial charge in [-0.3, -0.25) is 0 Å². The van der Waals surface area contributed by atoms with E-state index in [1.807, 2.05) is 13.8 Å². The van der Waals surface area contributed by atoms with Gasteiger partial charge in [0.15, 0.2) is 0 Å². The first-order valence-corrected chi connectivity index (χ1v) is 5.96. The highest BCUT2D eigenvalue weighted by atomic mass is 28.3. The molecular formula is C6H20O4Si2. The van der Waals surface area contributed by atoms with E-state index in [4.69, 9.17) is 17.7 Å². The highest BCUT2D eigenvalue weighted by Crippen LogP contribution is 1.81. The summed E-state index contributed by atoms with van der Waals surface area (Å²) in [5.41, 5.74) is 0. The number of hydrogen-bond donors (Lipinski definition) is 0. The number of rotatable bonds is 4. The summed E-state index contributed by atoms with van der Waals surface area (Å²) in [6, 6.07) is 0. The van der Waals surface area contributed by atoms with E-state index >= 15 is 0 Å². The Bertz CT molecular complexity index is 72.4. The zero-order valence-electron chi connectivity index (χ0n) is 8.79. The zero-order chi connectivity index (χ0) is 9.98. The van der Waals surface area contributed by atoms with Gasteiger partial charge in [0.25, 0.3) is 0 Å². The van der Waals surface area contributed by atoms with E-state index in [0.717, 1.165) is 10.5 Å². The van der Waals surface area contributed by atoms with E-state index in [0.29, 0.717) is 6.10 Å². The fourth-order valence-corrected chi connectivity index (χ4v) is 0.866. The van der Waals surface area contributed by atoms with E-state index in [1.54, 1.807) is 21.3 Å². The van der Waals surface area contributed by atoms with Crippen molar-refractivity contribution in [1.82, 2.24) is 0 Å². The lowest BCUT2D eigenvalue weighted by molar-refractivity contribution is 0.163. The smallest absolute Gasteiger partial charge is 0.426 e. The lowest BCUT2D eigenvalue weighted by Gasteiger charge is -2.05. The van der Waals surface area contributed by atoms with Gasteiger partial charge >= 0.3 is 9.53 Å². The normalized spacial score (nSPS) is 10.2. The van der Waals surface area contributed by atoms with Gasteiger partial charge in [0, 0.05) is 27.4 Å². The maximum atomic E-state index is 4.89. The van der Waals surface area contributed by atoms with Gasteiger partial charge in [-0.15, -0.1) is 0 Å². The molecule has 0 aromatic heterocycles. The second-order valence-corrected chi connectivity index (χ2v) is 4.74. The summed E-state index contributed by atoms with van der Waals surface area (Å²) in [5.74, 6) is 0. The van der Waals surface area contributed by atoms with Crippen LogP contribution < -0.4 is 0 Å². The molecule has 0 aromatic carbocycles. The van der Waals surface area contributed by atoms with E-state index in [2.05, 4.69) is 0 Å². The minimum absolute atomic E-state index is 0.446. The third-order valence-electron chi connectivity index (χ3n) is 1.05. The molecule has 0 aliphatic carbocycles. The second-order valence-electron chi connectivity index (χ2n) is 2.28. The summed E-state index contributed by atoms with van der Waals surface area (Å²) < 4.78 is 19.1. The van der Waals surface area contributed by atoms with Crippen LogP contribution in [0.5, 0.6) is 0 Å². The Morgan fingerprint density at radius 2 is 1.25 bits per heavy atom. The monoisotopic (exact) mass is 212 g/mol. The highest BCUT2D eigenvalue weighted by molar-refractivity contribution is 6.36. The van der Waals surface area contributed by atoms with E-state index in [1.165, 1.54) is 0 Å². The third-order valence-corrected chi connectivity index (χ3v) is 3.15. The van der Waals surface area contributed by atoms with Crippen LogP contribution in [0, 0.1) is 0 Å². The molecule has 0 radical (unpaired) electrons. The average molecular weight is 212 g/mol. The molecule has 0 spiro atoms. The molecular weight excluding hydrogens is 192 g/mol. The molecule has 0 N–H and O–H groups in total. The van der Waals surface area contributed by atoms with E-state index < -0.39 is 9.53 Å². The third kappa shape index (κ3) is 12.9. The molecule has 12 heavy (non-hydrogen) atoms. The molecule has 0 rings (SSSR count). The van der Waals surface area contributed by atoms with Crippen molar-refractivity contribution in [1.29, 1.82) is 0 Å². The van der Waals surface area contributed by atoms with Crippen molar-refractivity contribution in [3.05, 3.63) is 0 Å². The molecule has 4 nitrogen and oxygen atoms in total.